The SMILES string of the molecule is Cc1ccc(CC(=O)Nc2ccccc2C(C)(C)C)cc1. The van der Waals surface area contributed by atoms with Gasteiger partial charge in [-0.15, -0.1) is 0 Å². The quantitative estimate of drug-likeness (QED) is 0.883. The standard InChI is InChI=1S/C19H23NO/c1-14-9-11-15(12-10-14)13-18(21)20-17-8-6-5-7-16(17)19(2,3)4/h5-12H,13H2,1-4H3,(H,20,21). The van der Waals surface area contributed by atoms with Crippen molar-refractivity contribution in [2.75, 3.05) is 5.32 Å². The van der Waals surface area contributed by atoms with Crippen LogP contribution in [0.1, 0.15) is 37.5 Å². The summed E-state index contributed by atoms with van der Waals surface area (Å²) >= 11 is 0. The van der Waals surface area contributed by atoms with Gasteiger partial charge in [0.05, 0.1) is 6.42 Å². The number of para-hydroxylation sites is 1. The lowest BCUT2D eigenvalue weighted by Gasteiger charge is -2.23. The fraction of sp³-hybridized carbons (Fsp3) is 0.316. The molecule has 0 saturated heterocycles. The van der Waals surface area contributed by atoms with E-state index >= 15 is 0 Å². The van der Waals surface area contributed by atoms with Gasteiger partial charge in [0.1, 0.15) is 0 Å². The highest BCUT2D eigenvalue weighted by Gasteiger charge is 2.18. The third kappa shape index (κ3) is 4.19. The zero-order valence-corrected chi connectivity index (χ0v) is 13.2. The molecule has 2 aromatic carbocycles. The molecule has 110 valence electrons. The molecule has 0 aliphatic carbocycles. The third-order valence-corrected chi connectivity index (χ3v) is 3.49. The molecule has 2 aromatic rings. The summed E-state index contributed by atoms with van der Waals surface area (Å²) in [5, 5.41) is 3.04. The van der Waals surface area contributed by atoms with Crippen LogP contribution in [0.4, 0.5) is 5.69 Å². The minimum absolute atomic E-state index is 0.00767. The van der Waals surface area contributed by atoms with E-state index in [0.717, 1.165) is 16.8 Å². The number of nitrogens with one attached hydrogen (secondary N) is 1. The van der Waals surface area contributed by atoms with Gasteiger partial charge < -0.3 is 5.32 Å². The number of aryl methyl sites for hydroxylation is 1. The number of carbonyl (C=O) groups excluding carboxylic acids is 1. The van der Waals surface area contributed by atoms with Crippen molar-refractivity contribution in [3.63, 3.8) is 0 Å². The van der Waals surface area contributed by atoms with Crippen LogP contribution in [0.15, 0.2) is 48.5 Å². The van der Waals surface area contributed by atoms with Gasteiger partial charge in [-0.2, -0.15) is 0 Å². The van der Waals surface area contributed by atoms with E-state index in [4.69, 9.17) is 0 Å². The molecule has 1 N–H and O–H groups in total. The number of carbonyl (C=O) groups is 1. The number of benzene rings is 2. The number of hydrogen-bond acceptors (Lipinski definition) is 1. The highest BCUT2D eigenvalue weighted by molar-refractivity contribution is 5.93. The first kappa shape index (κ1) is 15.3. The predicted octanol–water partition coefficient (Wildman–Crippen LogP) is 4.47. The molecule has 1 amide bonds. The average Bonchev–Trinajstić information content (AvgIpc) is 2.41. The maximum Gasteiger partial charge on any atom is 0.228 e. The molecule has 0 aliphatic rings. The zero-order valence-electron chi connectivity index (χ0n) is 13.2. The molecule has 21 heavy (non-hydrogen) atoms. The Hall–Kier alpha value is -2.09. The topological polar surface area (TPSA) is 29.1 Å². The van der Waals surface area contributed by atoms with Crippen molar-refractivity contribution < 1.29 is 4.79 Å². The van der Waals surface area contributed by atoms with E-state index in [9.17, 15) is 4.79 Å². The second-order valence-corrected chi connectivity index (χ2v) is 6.51. The normalized spacial score (nSPS) is 11.2. The molecule has 2 heteroatoms. The molecule has 0 radical (unpaired) electrons. The van der Waals surface area contributed by atoms with Gasteiger partial charge in [0, 0.05) is 5.69 Å². The Labute approximate surface area is 127 Å². The first-order valence-corrected chi connectivity index (χ1v) is 7.31. The van der Waals surface area contributed by atoms with Crippen LogP contribution in [-0.4, -0.2) is 5.91 Å². The summed E-state index contributed by atoms with van der Waals surface area (Å²) < 4.78 is 0. The molecule has 0 heterocycles. The summed E-state index contributed by atoms with van der Waals surface area (Å²) in [7, 11) is 0. The second-order valence-electron chi connectivity index (χ2n) is 6.51. The van der Waals surface area contributed by atoms with Crippen molar-refractivity contribution in [2.24, 2.45) is 0 Å². The van der Waals surface area contributed by atoms with Crippen LogP contribution in [0, 0.1) is 6.92 Å². The van der Waals surface area contributed by atoms with Crippen LogP contribution < -0.4 is 5.32 Å². The van der Waals surface area contributed by atoms with Gasteiger partial charge in [-0.3, -0.25) is 4.79 Å². The van der Waals surface area contributed by atoms with Crippen molar-refractivity contribution in [1.29, 1.82) is 0 Å². The molecule has 0 aromatic heterocycles. The summed E-state index contributed by atoms with van der Waals surface area (Å²) in [6.07, 6.45) is 0.402. The van der Waals surface area contributed by atoms with Crippen LogP contribution in [0.2, 0.25) is 0 Å². The highest BCUT2D eigenvalue weighted by atomic mass is 16.1. The zero-order chi connectivity index (χ0) is 15.5. The van der Waals surface area contributed by atoms with Crippen LogP contribution in [0.25, 0.3) is 0 Å². The molecule has 0 spiro atoms. The Morgan fingerprint density at radius 2 is 1.62 bits per heavy atom. The van der Waals surface area contributed by atoms with E-state index in [2.05, 4.69) is 32.2 Å². The molecular weight excluding hydrogens is 258 g/mol. The fourth-order valence-corrected chi connectivity index (χ4v) is 2.33. The summed E-state index contributed by atoms with van der Waals surface area (Å²) in [4.78, 5) is 12.2. The Morgan fingerprint density at radius 1 is 1.00 bits per heavy atom. The van der Waals surface area contributed by atoms with Crippen LogP contribution >= 0.6 is 0 Å². The monoisotopic (exact) mass is 281 g/mol. The Balaban J connectivity index is 2.11. The Morgan fingerprint density at radius 3 is 2.24 bits per heavy atom. The van der Waals surface area contributed by atoms with Gasteiger partial charge in [-0.05, 0) is 29.5 Å². The molecule has 0 atom stereocenters. The van der Waals surface area contributed by atoms with E-state index in [0.29, 0.717) is 6.42 Å². The molecule has 2 nitrogen and oxygen atoms in total. The molecule has 0 bridgehead atoms. The lowest BCUT2D eigenvalue weighted by molar-refractivity contribution is -0.115. The van der Waals surface area contributed by atoms with Crippen molar-refractivity contribution in [3.8, 4) is 0 Å². The van der Waals surface area contributed by atoms with Crippen LogP contribution in [0.3, 0.4) is 0 Å². The summed E-state index contributed by atoms with van der Waals surface area (Å²) in [6, 6.07) is 16.1. The minimum Gasteiger partial charge on any atom is -0.326 e. The highest BCUT2D eigenvalue weighted by Crippen LogP contribution is 2.29. The van der Waals surface area contributed by atoms with Crippen molar-refractivity contribution in [3.05, 3.63) is 65.2 Å². The lowest BCUT2D eigenvalue weighted by Crippen LogP contribution is -2.19. The van der Waals surface area contributed by atoms with Crippen LogP contribution in [0.5, 0.6) is 0 Å². The largest absolute Gasteiger partial charge is 0.326 e. The predicted molar refractivity (Wildman–Crippen MR) is 88.7 cm³/mol. The number of anilines is 1. The molecule has 2 rings (SSSR count). The van der Waals surface area contributed by atoms with Crippen molar-refractivity contribution >= 4 is 11.6 Å². The van der Waals surface area contributed by atoms with Gasteiger partial charge in [0.25, 0.3) is 0 Å². The number of hydrogen-bond donors (Lipinski definition) is 1. The van der Waals surface area contributed by atoms with Gasteiger partial charge in [-0.25, -0.2) is 0 Å². The molecule has 0 aliphatic heterocycles. The first-order chi connectivity index (χ1) is 9.86. The van der Waals surface area contributed by atoms with Gasteiger partial charge in [0.2, 0.25) is 5.91 Å². The first-order valence-electron chi connectivity index (χ1n) is 7.31. The van der Waals surface area contributed by atoms with Crippen molar-refractivity contribution in [1.82, 2.24) is 0 Å². The molecule has 0 fully saturated rings. The van der Waals surface area contributed by atoms with E-state index in [-0.39, 0.29) is 11.3 Å². The third-order valence-electron chi connectivity index (χ3n) is 3.49. The Bertz CT molecular complexity index is 621. The van der Waals surface area contributed by atoms with Crippen molar-refractivity contribution in [2.45, 2.75) is 39.5 Å². The molecule has 0 unspecified atom stereocenters. The Kier molecular flexibility index (Phi) is 4.46. The molecule has 0 saturated carbocycles. The number of amides is 1. The van der Waals surface area contributed by atoms with E-state index in [1.54, 1.807) is 0 Å². The minimum atomic E-state index is 0.00767. The molecular formula is C19H23NO. The van der Waals surface area contributed by atoms with Gasteiger partial charge >= 0.3 is 0 Å². The van der Waals surface area contributed by atoms with Crippen LogP contribution in [-0.2, 0) is 16.6 Å². The fourth-order valence-electron chi connectivity index (χ4n) is 2.33. The number of rotatable bonds is 3. The van der Waals surface area contributed by atoms with E-state index in [1.807, 2.05) is 49.4 Å². The summed E-state index contributed by atoms with van der Waals surface area (Å²) in [5.74, 6) is 0.0237. The second kappa shape index (κ2) is 6.13. The van der Waals surface area contributed by atoms with E-state index < -0.39 is 0 Å². The average molecular weight is 281 g/mol. The maximum atomic E-state index is 12.2. The summed E-state index contributed by atoms with van der Waals surface area (Å²) in [6.45, 7) is 8.50. The smallest absolute Gasteiger partial charge is 0.228 e. The maximum absolute atomic E-state index is 12.2. The van der Waals surface area contributed by atoms with Gasteiger partial charge in [-0.1, -0.05) is 68.8 Å². The van der Waals surface area contributed by atoms with Gasteiger partial charge in [0.15, 0.2) is 0 Å². The lowest BCUT2D eigenvalue weighted by atomic mass is 9.86. The summed E-state index contributed by atoms with van der Waals surface area (Å²) in [5.41, 5.74) is 4.31. The van der Waals surface area contributed by atoms with E-state index in [1.165, 1.54) is 5.56 Å².